The number of anilines is 1. The number of aryl methyl sites for hydroxylation is 2. The lowest BCUT2D eigenvalue weighted by molar-refractivity contribution is 0.0529. The van der Waals surface area contributed by atoms with E-state index < -0.39 is 5.97 Å². The number of carbonyl (C=O) groups is 2. The molecule has 0 aliphatic heterocycles. The van der Waals surface area contributed by atoms with E-state index >= 15 is 0 Å². The molecule has 0 bridgehead atoms. The third kappa shape index (κ3) is 4.35. The van der Waals surface area contributed by atoms with Crippen molar-refractivity contribution < 1.29 is 19.1 Å². The average Bonchev–Trinajstić information content (AvgIpc) is 3.22. The van der Waals surface area contributed by atoms with Gasteiger partial charge in [-0.2, -0.15) is 0 Å². The van der Waals surface area contributed by atoms with Crippen LogP contribution in [0.4, 0.5) is 5.00 Å². The first-order chi connectivity index (χ1) is 15.1. The molecule has 4 rings (SSSR count). The zero-order valence-electron chi connectivity index (χ0n) is 17.7. The molecule has 1 aliphatic rings. The summed E-state index contributed by atoms with van der Waals surface area (Å²) in [7, 11) is 1.52. The largest absolute Gasteiger partial charge is 0.496 e. The van der Waals surface area contributed by atoms with Crippen LogP contribution in [0.25, 0.3) is 11.1 Å². The molecule has 1 aliphatic carbocycles. The fraction of sp³-hybridized carbons (Fsp3) is 0.280. The molecule has 5 nitrogen and oxygen atoms in total. The zero-order valence-corrected chi connectivity index (χ0v) is 18.5. The number of ether oxygens (including phenoxy) is 2. The highest BCUT2D eigenvalue weighted by molar-refractivity contribution is 7.15. The molecule has 31 heavy (non-hydrogen) atoms. The van der Waals surface area contributed by atoms with E-state index in [1.807, 2.05) is 5.38 Å². The number of hydrogen-bond donors (Lipinski definition) is 1. The smallest absolute Gasteiger partial charge is 0.341 e. The molecule has 160 valence electrons. The summed E-state index contributed by atoms with van der Waals surface area (Å²) >= 11 is 1.33. The average molecular weight is 436 g/mol. The number of rotatable bonds is 6. The molecule has 2 aromatic carbocycles. The molecule has 6 heteroatoms. The van der Waals surface area contributed by atoms with Crippen LogP contribution < -0.4 is 10.1 Å². The molecule has 0 spiro atoms. The van der Waals surface area contributed by atoms with Crippen LogP contribution in [0.1, 0.15) is 51.6 Å². The summed E-state index contributed by atoms with van der Waals surface area (Å²) in [5.74, 6) is -0.294. The molecule has 1 heterocycles. The summed E-state index contributed by atoms with van der Waals surface area (Å²) < 4.78 is 10.6. The van der Waals surface area contributed by atoms with Gasteiger partial charge in [-0.25, -0.2) is 4.79 Å². The van der Waals surface area contributed by atoms with Crippen molar-refractivity contribution in [2.75, 3.05) is 19.0 Å². The summed E-state index contributed by atoms with van der Waals surface area (Å²) in [5.41, 5.74) is 5.27. The number of esters is 1. The number of carbonyl (C=O) groups excluding carboxylic acids is 2. The predicted molar refractivity (Wildman–Crippen MR) is 123 cm³/mol. The second-order valence-electron chi connectivity index (χ2n) is 7.42. The maximum atomic E-state index is 12.9. The number of fused-ring (bicyclic) bond motifs is 1. The minimum atomic E-state index is -0.438. The molecule has 0 atom stereocenters. The molecular weight excluding hydrogens is 410 g/mol. The van der Waals surface area contributed by atoms with Crippen molar-refractivity contribution in [1.29, 1.82) is 0 Å². The van der Waals surface area contributed by atoms with E-state index in [4.69, 9.17) is 9.47 Å². The van der Waals surface area contributed by atoms with E-state index in [1.54, 1.807) is 31.2 Å². The number of thiophene rings is 1. The van der Waals surface area contributed by atoms with Crippen molar-refractivity contribution in [2.24, 2.45) is 0 Å². The minimum Gasteiger partial charge on any atom is -0.496 e. The van der Waals surface area contributed by atoms with Crippen LogP contribution in [0.5, 0.6) is 5.75 Å². The van der Waals surface area contributed by atoms with Gasteiger partial charge in [-0.3, -0.25) is 4.79 Å². The fourth-order valence-electron chi connectivity index (χ4n) is 3.97. The first-order valence-electron chi connectivity index (χ1n) is 10.5. The van der Waals surface area contributed by atoms with Gasteiger partial charge >= 0.3 is 5.97 Å². The Labute approximate surface area is 186 Å². The highest BCUT2D eigenvalue weighted by Gasteiger charge is 2.24. The number of methoxy groups -OCH3 is 1. The lowest BCUT2D eigenvalue weighted by Crippen LogP contribution is -2.15. The first kappa shape index (κ1) is 21.1. The van der Waals surface area contributed by atoms with Gasteiger partial charge in [0.05, 0.1) is 19.3 Å². The number of nitrogens with one attached hydrogen (secondary N) is 1. The van der Waals surface area contributed by atoms with E-state index in [0.29, 0.717) is 21.9 Å². The highest BCUT2D eigenvalue weighted by Crippen LogP contribution is 2.38. The Balaban J connectivity index is 1.71. The molecular formula is C25H25NO4S. The third-order valence-electron chi connectivity index (χ3n) is 5.51. The molecule has 1 amide bonds. The Hall–Kier alpha value is -3.12. The van der Waals surface area contributed by atoms with Crippen molar-refractivity contribution in [3.05, 3.63) is 70.1 Å². The predicted octanol–water partition coefficient (Wildman–Crippen LogP) is 5.73. The van der Waals surface area contributed by atoms with Gasteiger partial charge in [-0.15, -0.1) is 11.3 Å². The molecule has 1 aromatic heterocycles. The molecule has 0 unspecified atom stereocenters. The zero-order chi connectivity index (χ0) is 21.8. The lowest BCUT2D eigenvalue weighted by atomic mass is 9.89. The SMILES string of the molecule is CCOC(=O)c1c(-c2ccc3c(c2)CCCC3)csc1NC(=O)c1ccccc1OC. The van der Waals surface area contributed by atoms with Crippen LogP contribution in [-0.4, -0.2) is 25.6 Å². The van der Waals surface area contributed by atoms with Gasteiger partial charge in [0, 0.05) is 10.9 Å². The van der Waals surface area contributed by atoms with Crippen molar-refractivity contribution in [3.8, 4) is 16.9 Å². The van der Waals surface area contributed by atoms with E-state index in [-0.39, 0.29) is 12.5 Å². The van der Waals surface area contributed by atoms with E-state index in [9.17, 15) is 9.59 Å². The maximum absolute atomic E-state index is 12.9. The lowest BCUT2D eigenvalue weighted by Gasteiger charge is -2.17. The molecule has 0 fully saturated rings. The maximum Gasteiger partial charge on any atom is 0.341 e. The number of hydrogen-bond acceptors (Lipinski definition) is 5. The standard InChI is InChI=1S/C25H25NO4S/c1-3-30-25(28)22-20(18-13-12-16-8-4-5-9-17(16)14-18)15-31-24(22)26-23(27)19-10-6-7-11-21(19)29-2/h6-7,10-15H,3-5,8-9H2,1-2H3,(H,26,27). The Morgan fingerprint density at radius 2 is 1.84 bits per heavy atom. The number of para-hydroxylation sites is 1. The summed E-state index contributed by atoms with van der Waals surface area (Å²) in [4.78, 5) is 25.8. The van der Waals surface area contributed by atoms with Gasteiger partial charge in [0.1, 0.15) is 16.3 Å². The van der Waals surface area contributed by atoms with Crippen molar-refractivity contribution in [3.63, 3.8) is 0 Å². The van der Waals surface area contributed by atoms with Crippen molar-refractivity contribution in [2.45, 2.75) is 32.6 Å². The van der Waals surface area contributed by atoms with Crippen molar-refractivity contribution >= 4 is 28.2 Å². The highest BCUT2D eigenvalue weighted by atomic mass is 32.1. The van der Waals surface area contributed by atoms with Crippen molar-refractivity contribution in [1.82, 2.24) is 0 Å². The van der Waals surface area contributed by atoms with Gasteiger partial charge < -0.3 is 14.8 Å². The minimum absolute atomic E-state index is 0.262. The molecule has 0 radical (unpaired) electrons. The molecule has 0 saturated carbocycles. The normalized spacial score (nSPS) is 12.7. The van der Waals surface area contributed by atoms with Gasteiger partial charge in [0.2, 0.25) is 0 Å². The Morgan fingerprint density at radius 3 is 2.61 bits per heavy atom. The van der Waals surface area contributed by atoms with E-state index in [0.717, 1.165) is 24.0 Å². The molecule has 0 saturated heterocycles. The fourth-order valence-corrected chi connectivity index (χ4v) is 4.92. The third-order valence-corrected chi connectivity index (χ3v) is 6.40. The van der Waals surface area contributed by atoms with Gasteiger partial charge in [0.25, 0.3) is 5.91 Å². The first-order valence-corrected chi connectivity index (χ1v) is 11.4. The van der Waals surface area contributed by atoms with Crippen LogP contribution >= 0.6 is 11.3 Å². The van der Waals surface area contributed by atoms with Gasteiger partial charge in [-0.05, 0) is 61.4 Å². The topological polar surface area (TPSA) is 64.6 Å². The summed E-state index contributed by atoms with van der Waals surface area (Å²) in [6, 6.07) is 13.4. The summed E-state index contributed by atoms with van der Waals surface area (Å²) in [5, 5.41) is 5.28. The molecule has 1 N–H and O–H groups in total. The Morgan fingerprint density at radius 1 is 1.06 bits per heavy atom. The van der Waals surface area contributed by atoms with Crippen LogP contribution in [0.3, 0.4) is 0 Å². The molecule has 3 aromatic rings. The van der Waals surface area contributed by atoms with Gasteiger partial charge in [-0.1, -0.05) is 30.3 Å². The number of benzene rings is 2. The Kier molecular flexibility index (Phi) is 6.37. The van der Waals surface area contributed by atoms with E-state index in [1.165, 1.54) is 42.4 Å². The van der Waals surface area contributed by atoms with Crippen LogP contribution in [-0.2, 0) is 17.6 Å². The second-order valence-corrected chi connectivity index (χ2v) is 8.30. The number of amides is 1. The Bertz CT molecular complexity index is 1120. The monoisotopic (exact) mass is 435 g/mol. The summed E-state index contributed by atoms with van der Waals surface area (Å²) in [6.45, 7) is 2.04. The quantitative estimate of drug-likeness (QED) is 0.502. The van der Waals surface area contributed by atoms with Crippen LogP contribution in [0.15, 0.2) is 47.8 Å². The van der Waals surface area contributed by atoms with E-state index in [2.05, 4.69) is 23.5 Å². The summed E-state index contributed by atoms with van der Waals surface area (Å²) in [6.07, 6.45) is 4.56. The van der Waals surface area contributed by atoms with Crippen LogP contribution in [0.2, 0.25) is 0 Å². The van der Waals surface area contributed by atoms with Gasteiger partial charge in [0.15, 0.2) is 0 Å². The van der Waals surface area contributed by atoms with Crippen LogP contribution in [0, 0.1) is 0 Å². The second kappa shape index (κ2) is 9.35.